The molecule has 0 atom stereocenters. The van der Waals surface area contributed by atoms with Crippen LogP contribution < -0.4 is 5.32 Å². The Morgan fingerprint density at radius 3 is 2.60 bits per heavy atom. The first kappa shape index (κ1) is 17.9. The molecule has 1 heterocycles. The van der Waals surface area contributed by atoms with Crippen molar-refractivity contribution in [2.75, 3.05) is 13.1 Å². The van der Waals surface area contributed by atoms with Gasteiger partial charge in [0.05, 0.1) is 5.56 Å². The van der Waals surface area contributed by atoms with E-state index in [1.54, 1.807) is 12.1 Å². The number of rotatable bonds is 6. The van der Waals surface area contributed by atoms with E-state index in [4.69, 9.17) is 0 Å². The van der Waals surface area contributed by atoms with Gasteiger partial charge in [0.1, 0.15) is 4.90 Å². The zero-order valence-electron chi connectivity index (χ0n) is 14.2. The molecular weight excluding hydrogens is 340 g/mol. The highest BCUT2D eigenvalue weighted by molar-refractivity contribution is 7.90. The lowest BCUT2D eigenvalue weighted by Gasteiger charge is -2.21. The van der Waals surface area contributed by atoms with Crippen LogP contribution in [0.15, 0.2) is 29.2 Å². The maximum atomic E-state index is 12.4. The number of carbonyl (C=O) groups is 2. The van der Waals surface area contributed by atoms with Gasteiger partial charge in [-0.15, -0.1) is 0 Å². The predicted octanol–water partition coefficient (Wildman–Crippen LogP) is 2.31. The van der Waals surface area contributed by atoms with Crippen molar-refractivity contribution in [2.24, 2.45) is 5.92 Å². The number of fused-ring (bicyclic) bond motifs is 1. The lowest BCUT2D eigenvalue weighted by Crippen LogP contribution is -2.33. The molecule has 2 aliphatic rings. The number of nitrogens with one attached hydrogen (secondary N) is 1. The van der Waals surface area contributed by atoms with E-state index in [-0.39, 0.29) is 29.3 Å². The molecule has 0 radical (unpaired) electrons. The molecule has 0 spiro atoms. The van der Waals surface area contributed by atoms with E-state index in [9.17, 15) is 18.0 Å². The summed E-state index contributed by atoms with van der Waals surface area (Å²) in [5.74, 6) is -0.0157. The van der Waals surface area contributed by atoms with Crippen molar-refractivity contribution in [3.63, 3.8) is 0 Å². The Morgan fingerprint density at radius 2 is 1.88 bits per heavy atom. The summed E-state index contributed by atoms with van der Waals surface area (Å²) in [6, 6.07) is 6.21. The molecule has 0 unspecified atom stereocenters. The molecule has 6 nitrogen and oxygen atoms in total. The second kappa shape index (κ2) is 7.56. The first-order valence-electron chi connectivity index (χ1n) is 8.93. The Balaban J connectivity index is 1.47. The maximum Gasteiger partial charge on any atom is 0.269 e. The Bertz CT molecular complexity index is 754. The highest BCUT2D eigenvalue weighted by Crippen LogP contribution is 2.30. The number of hydrogen-bond donors (Lipinski definition) is 1. The monoisotopic (exact) mass is 364 g/mol. The van der Waals surface area contributed by atoms with Gasteiger partial charge in [-0.2, -0.15) is 0 Å². The molecule has 1 aliphatic carbocycles. The summed E-state index contributed by atoms with van der Waals surface area (Å²) in [7, 11) is -3.77. The summed E-state index contributed by atoms with van der Waals surface area (Å²) in [5, 5.41) is 2.94. The molecule has 0 bridgehead atoms. The molecule has 1 aromatic carbocycles. The van der Waals surface area contributed by atoms with Crippen molar-refractivity contribution < 1.29 is 18.0 Å². The Kier molecular flexibility index (Phi) is 5.42. The van der Waals surface area contributed by atoms with Gasteiger partial charge < -0.3 is 5.32 Å². The van der Waals surface area contributed by atoms with Crippen molar-refractivity contribution in [1.82, 2.24) is 9.62 Å². The number of sulfonamides is 1. The number of hydrogen-bond acceptors (Lipinski definition) is 4. The van der Waals surface area contributed by atoms with Crippen LogP contribution in [0.2, 0.25) is 0 Å². The normalized spacial score (nSPS) is 19.7. The van der Waals surface area contributed by atoms with Gasteiger partial charge in [0.15, 0.2) is 0 Å². The maximum absolute atomic E-state index is 12.4. The summed E-state index contributed by atoms with van der Waals surface area (Å²) in [6.45, 7) is 0.734. The topological polar surface area (TPSA) is 83.6 Å². The Hall–Kier alpha value is -1.89. The molecule has 25 heavy (non-hydrogen) atoms. The lowest BCUT2D eigenvalue weighted by molar-refractivity contribution is -0.121. The molecule has 1 N–H and O–H groups in total. The van der Waals surface area contributed by atoms with E-state index >= 15 is 0 Å². The van der Waals surface area contributed by atoms with Gasteiger partial charge in [0.25, 0.3) is 15.9 Å². The van der Waals surface area contributed by atoms with E-state index < -0.39 is 15.9 Å². The van der Waals surface area contributed by atoms with Crippen LogP contribution in [0.3, 0.4) is 0 Å². The van der Waals surface area contributed by atoms with Crippen molar-refractivity contribution >= 4 is 21.8 Å². The van der Waals surface area contributed by atoms with Gasteiger partial charge in [0.2, 0.25) is 5.91 Å². The predicted molar refractivity (Wildman–Crippen MR) is 93.5 cm³/mol. The third-order valence-corrected chi connectivity index (χ3v) is 6.83. The van der Waals surface area contributed by atoms with Gasteiger partial charge in [-0.25, -0.2) is 12.7 Å². The fourth-order valence-corrected chi connectivity index (χ4v) is 5.18. The SMILES string of the molecule is O=C(CCCN1C(=O)c2ccccc2S1(=O)=O)NCC1CCCCC1. The van der Waals surface area contributed by atoms with E-state index in [1.165, 1.54) is 44.2 Å². The molecule has 3 rings (SSSR count). The number of benzene rings is 1. The molecule has 2 amide bonds. The van der Waals surface area contributed by atoms with Crippen LogP contribution in [0.5, 0.6) is 0 Å². The van der Waals surface area contributed by atoms with E-state index in [0.717, 1.165) is 4.31 Å². The fourth-order valence-electron chi connectivity index (χ4n) is 3.57. The van der Waals surface area contributed by atoms with Crippen molar-refractivity contribution in [1.29, 1.82) is 0 Å². The van der Waals surface area contributed by atoms with Crippen molar-refractivity contribution in [2.45, 2.75) is 49.8 Å². The van der Waals surface area contributed by atoms with Crippen LogP contribution in [0.25, 0.3) is 0 Å². The van der Waals surface area contributed by atoms with Gasteiger partial charge in [-0.05, 0) is 37.3 Å². The van der Waals surface area contributed by atoms with Gasteiger partial charge >= 0.3 is 0 Å². The number of carbonyl (C=O) groups excluding carboxylic acids is 2. The zero-order valence-corrected chi connectivity index (χ0v) is 15.1. The van der Waals surface area contributed by atoms with Crippen LogP contribution in [0.1, 0.15) is 55.3 Å². The molecule has 0 aromatic heterocycles. The summed E-state index contributed by atoms with van der Waals surface area (Å²) in [4.78, 5) is 24.3. The highest BCUT2D eigenvalue weighted by atomic mass is 32.2. The molecular formula is C18H24N2O4S. The third-order valence-electron chi connectivity index (χ3n) is 4.99. The van der Waals surface area contributed by atoms with Crippen LogP contribution in [-0.2, 0) is 14.8 Å². The minimum atomic E-state index is -3.77. The molecule has 1 aliphatic heterocycles. The average Bonchev–Trinajstić information content (AvgIpc) is 2.82. The van der Waals surface area contributed by atoms with Crippen LogP contribution >= 0.6 is 0 Å². The van der Waals surface area contributed by atoms with Crippen LogP contribution in [-0.4, -0.2) is 37.6 Å². The quantitative estimate of drug-likeness (QED) is 0.839. The third kappa shape index (κ3) is 3.86. The minimum absolute atomic E-state index is 0.0344. The van der Waals surface area contributed by atoms with Gasteiger partial charge in [-0.1, -0.05) is 31.4 Å². The van der Waals surface area contributed by atoms with Crippen LogP contribution in [0.4, 0.5) is 0 Å². The number of amides is 2. The molecule has 1 fully saturated rings. The van der Waals surface area contributed by atoms with E-state index in [2.05, 4.69) is 5.32 Å². The zero-order chi connectivity index (χ0) is 17.9. The minimum Gasteiger partial charge on any atom is -0.356 e. The lowest BCUT2D eigenvalue weighted by atomic mass is 9.89. The Labute approximate surface area is 148 Å². The molecule has 1 saturated carbocycles. The smallest absolute Gasteiger partial charge is 0.269 e. The van der Waals surface area contributed by atoms with Gasteiger partial charge in [0, 0.05) is 19.5 Å². The summed E-state index contributed by atoms with van der Waals surface area (Å²) < 4.78 is 25.7. The van der Waals surface area contributed by atoms with Gasteiger partial charge in [-0.3, -0.25) is 9.59 Å². The molecule has 1 aromatic rings. The molecule has 7 heteroatoms. The highest BCUT2D eigenvalue weighted by Gasteiger charge is 2.40. The second-order valence-electron chi connectivity index (χ2n) is 6.79. The first-order valence-corrected chi connectivity index (χ1v) is 10.4. The average molecular weight is 364 g/mol. The second-order valence-corrected chi connectivity index (χ2v) is 8.62. The molecule has 136 valence electrons. The van der Waals surface area contributed by atoms with E-state index in [1.807, 2.05) is 0 Å². The standard InChI is InChI=1S/C18H24N2O4S/c21-17(19-13-14-7-2-1-3-8-14)11-6-12-20-18(22)15-9-4-5-10-16(15)25(20,23)24/h4-5,9-10,14H,1-3,6-8,11-13H2,(H,19,21). The largest absolute Gasteiger partial charge is 0.356 e. The van der Waals surface area contributed by atoms with Crippen molar-refractivity contribution in [3.8, 4) is 0 Å². The summed E-state index contributed by atoms with van der Waals surface area (Å²) in [5.41, 5.74) is 0.212. The summed E-state index contributed by atoms with van der Waals surface area (Å²) >= 11 is 0. The number of nitrogens with zero attached hydrogens (tertiary/aromatic N) is 1. The molecule has 0 saturated heterocycles. The fraction of sp³-hybridized carbons (Fsp3) is 0.556. The first-order chi connectivity index (χ1) is 12.0. The Morgan fingerprint density at radius 1 is 1.16 bits per heavy atom. The van der Waals surface area contributed by atoms with Crippen LogP contribution in [0, 0.1) is 5.92 Å². The van der Waals surface area contributed by atoms with E-state index in [0.29, 0.717) is 18.9 Å². The summed E-state index contributed by atoms with van der Waals surface area (Å²) in [6.07, 6.45) is 6.63. The van der Waals surface area contributed by atoms with Crippen molar-refractivity contribution in [3.05, 3.63) is 29.8 Å².